The highest BCUT2D eigenvalue weighted by Crippen LogP contribution is 2.45. The molecule has 2 aromatic rings. The highest BCUT2D eigenvalue weighted by Gasteiger charge is 2.53. The molecule has 5 N–H and O–H groups in total. The van der Waals surface area contributed by atoms with Crippen LogP contribution in [-0.4, -0.2) is 169 Å². The van der Waals surface area contributed by atoms with Gasteiger partial charge < -0.3 is 68.7 Å². The van der Waals surface area contributed by atoms with Crippen LogP contribution in [0.3, 0.4) is 0 Å². The fourth-order valence-corrected chi connectivity index (χ4v) is 11.5. The van der Waals surface area contributed by atoms with Crippen LogP contribution in [0.15, 0.2) is 48.5 Å². The van der Waals surface area contributed by atoms with Crippen LogP contribution < -0.4 is 5.73 Å². The van der Waals surface area contributed by atoms with E-state index in [1.54, 1.807) is 27.9 Å². The van der Waals surface area contributed by atoms with Crippen molar-refractivity contribution in [3.8, 4) is 11.1 Å². The Labute approximate surface area is 410 Å². The molecule has 3 fully saturated rings. The molecule has 16 nitrogen and oxygen atoms in total. The Hall–Kier alpha value is -3.26. The Morgan fingerprint density at radius 2 is 1.52 bits per heavy atom. The molecule has 0 bridgehead atoms. The summed E-state index contributed by atoms with van der Waals surface area (Å²) in [6, 6.07) is 15.0. The third-order valence-corrected chi connectivity index (χ3v) is 15.9. The third kappa shape index (κ3) is 11.8. The van der Waals surface area contributed by atoms with Gasteiger partial charge in [0.05, 0.1) is 59.7 Å². The summed E-state index contributed by atoms with van der Waals surface area (Å²) in [5.41, 5.74) is 6.58. The molecule has 0 amide bonds. The van der Waals surface area contributed by atoms with Crippen molar-refractivity contribution in [1.82, 2.24) is 9.80 Å². The van der Waals surface area contributed by atoms with E-state index in [9.17, 15) is 24.9 Å². The lowest BCUT2D eigenvalue weighted by molar-refractivity contribution is -0.311. The van der Waals surface area contributed by atoms with Crippen LogP contribution in [0.25, 0.3) is 11.1 Å². The molecule has 1 aliphatic carbocycles. The molecule has 0 aromatic heterocycles. The van der Waals surface area contributed by atoms with Gasteiger partial charge in [-0.25, -0.2) is 4.79 Å². The zero-order valence-corrected chi connectivity index (χ0v) is 43.5. The van der Waals surface area contributed by atoms with Gasteiger partial charge in [0.2, 0.25) is 0 Å². The zero-order valence-electron chi connectivity index (χ0n) is 43.5. The summed E-state index contributed by atoms with van der Waals surface area (Å²) in [5.74, 6) is -3.24. The standard InChI is InChI=1S/C53H83N3O13/c1-15-41-53(10,61)46(57)29(2)27-56(13)30(3)25-51(8,60)47(32(5)43(33(6)48(58)66-41)67-42-26-52(9,62-14)45(54)34(7)65-42)69-49-44(40(55(11)12)24-31(4)64-49)68-50(59)63-28-39-37-22-18-16-20-35(37)36-21-17-19-23-38(36)39/h16-23,29-34,39-47,49,57,60-61H,15,24-28,54H2,1-14H3/t29-,30+,31+,32-,33+,34-,40-,41+,42-,43-,44+,45+,46+,47+,49-,51+,52+,53+/m0/s1. The lowest BCUT2D eigenvalue weighted by Gasteiger charge is -2.49. The number of carbonyl (C=O) groups excluding carboxylic acids is 2. The predicted octanol–water partition coefficient (Wildman–Crippen LogP) is 5.84. The number of aliphatic hydroxyl groups excluding tert-OH is 1. The average Bonchev–Trinajstić information content (AvgIpc) is 3.62. The number of hydrogen-bond acceptors (Lipinski definition) is 16. The first-order chi connectivity index (χ1) is 32.3. The number of esters is 1. The zero-order chi connectivity index (χ0) is 50.9. The van der Waals surface area contributed by atoms with Crippen molar-refractivity contribution in [2.45, 2.75) is 191 Å². The van der Waals surface area contributed by atoms with Crippen LogP contribution in [-0.2, 0) is 42.7 Å². The van der Waals surface area contributed by atoms with Gasteiger partial charge in [-0.05, 0) is 117 Å². The normalized spacial score (nSPS) is 40.8. The Morgan fingerprint density at radius 3 is 2.10 bits per heavy atom. The number of aliphatic hydroxyl groups is 3. The van der Waals surface area contributed by atoms with E-state index in [1.807, 2.05) is 96.8 Å². The smallest absolute Gasteiger partial charge is 0.459 e. The molecule has 18 atom stereocenters. The number of carbonyl (C=O) groups is 2. The van der Waals surface area contributed by atoms with Gasteiger partial charge in [0.25, 0.3) is 0 Å². The maximum atomic E-state index is 14.6. The fraction of sp³-hybridized carbons (Fsp3) is 0.736. The number of methoxy groups -OCH3 is 1. The predicted molar refractivity (Wildman–Crippen MR) is 260 cm³/mol. The van der Waals surface area contributed by atoms with Crippen LogP contribution in [0.5, 0.6) is 0 Å². The lowest BCUT2D eigenvalue weighted by Crippen LogP contribution is -2.62. The van der Waals surface area contributed by atoms with E-state index in [0.717, 1.165) is 22.3 Å². The number of benzene rings is 2. The minimum Gasteiger partial charge on any atom is -0.459 e. The molecule has 2 aromatic carbocycles. The maximum absolute atomic E-state index is 14.6. The summed E-state index contributed by atoms with van der Waals surface area (Å²) in [6.07, 6.45) is -8.46. The summed E-state index contributed by atoms with van der Waals surface area (Å²) >= 11 is 0. The quantitative estimate of drug-likeness (QED) is 0.207. The highest BCUT2D eigenvalue weighted by atomic mass is 16.8. The van der Waals surface area contributed by atoms with E-state index in [0.29, 0.717) is 13.0 Å². The Kier molecular flexibility index (Phi) is 17.8. The monoisotopic (exact) mass is 970 g/mol. The van der Waals surface area contributed by atoms with E-state index >= 15 is 0 Å². The van der Waals surface area contributed by atoms with E-state index < -0.39 is 108 Å². The largest absolute Gasteiger partial charge is 0.508 e. The van der Waals surface area contributed by atoms with Crippen molar-refractivity contribution >= 4 is 12.1 Å². The second kappa shape index (κ2) is 22.2. The summed E-state index contributed by atoms with van der Waals surface area (Å²) in [5, 5.41) is 36.6. The van der Waals surface area contributed by atoms with Crippen molar-refractivity contribution < 1.29 is 62.8 Å². The van der Waals surface area contributed by atoms with Gasteiger partial charge >= 0.3 is 12.1 Å². The number of rotatable bonds is 10. The highest BCUT2D eigenvalue weighted by molar-refractivity contribution is 5.79. The van der Waals surface area contributed by atoms with Crippen molar-refractivity contribution in [3.63, 3.8) is 0 Å². The van der Waals surface area contributed by atoms with E-state index in [4.69, 9.17) is 43.6 Å². The summed E-state index contributed by atoms with van der Waals surface area (Å²) < 4.78 is 51.4. The van der Waals surface area contributed by atoms with Crippen LogP contribution in [0.2, 0.25) is 0 Å². The summed E-state index contributed by atoms with van der Waals surface area (Å²) in [7, 11) is 7.27. The first-order valence-corrected chi connectivity index (χ1v) is 25.0. The number of ether oxygens (including phenoxy) is 8. The Bertz CT molecular complexity index is 1990. The molecule has 6 rings (SSSR count). The Morgan fingerprint density at radius 1 is 0.913 bits per heavy atom. The fourth-order valence-electron chi connectivity index (χ4n) is 11.5. The first kappa shape index (κ1) is 55.1. The van der Waals surface area contributed by atoms with Gasteiger partial charge in [-0.2, -0.15) is 0 Å². The van der Waals surface area contributed by atoms with Gasteiger partial charge in [0.1, 0.15) is 18.3 Å². The molecule has 0 radical (unpaired) electrons. The number of cyclic esters (lactones) is 1. The molecule has 69 heavy (non-hydrogen) atoms. The molecule has 16 heteroatoms. The molecule has 4 aliphatic rings. The van der Waals surface area contributed by atoms with Crippen LogP contribution in [0.4, 0.5) is 4.79 Å². The topological polar surface area (TPSA) is 201 Å². The van der Waals surface area contributed by atoms with Crippen LogP contribution in [0, 0.1) is 17.8 Å². The molecule has 0 saturated carbocycles. The SMILES string of the molecule is CC[C@H]1OC(=O)[C@H](C)[C@@H](O[C@H]2C[C@@](C)(OC)[C@H](N)[C@H](C)O2)[C@H](C)[C@@H](O[C@@H]2O[C@H](C)C[C@H](N(C)C)[C@H]2OC(=O)OCC2c3ccccc3-c3ccccc32)[C@](C)(O)C[C@@H](C)N(C)C[C@H](C)[C@@H](O)[C@]1(C)O. The van der Waals surface area contributed by atoms with Crippen LogP contribution in [0.1, 0.15) is 112 Å². The minimum absolute atomic E-state index is 0.0423. The summed E-state index contributed by atoms with van der Waals surface area (Å²) in [4.78, 5) is 32.6. The van der Waals surface area contributed by atoms with Gasteiger partial charge in [-0.1, -0.05) is 69.3 Å². The van der Waals surface area contributed by atoms with Crippen molar-refractivity contribution in [2.24, 2.45) is 23.5 Å². The Balaban J connectivity index is 1.38. The molecule has 0 spiro atoms. The number of fused-ring (bicyclic) bond motifs is 3. The summed E-state index contributed by atoms with van der Waals surface area (Å²) in [6.45, 7) is 18.3. The second-order valence-corrected chi connectivity index (χ2v) is 21.6. The maximum Gasteiger partial charge on any atom is 0.508 e. The number of hydrogen-bond donors (Lipinski definition) is 4. The van der Waals surface area contributed by atoms with E-state index in [1.165, 1.54) is 6.92 Å². The average molecular weight is 970 g/mol. The molecule has 3 aliphatic heterocycles. The lowest BCUT2D eigenvalue weighted by atomic mass is 9.78. The number of likely N-dealkylation sites (N-methyl/N-ethyl adjacent to an activating group) is 1. The molecular weight excluding hydrogens is 887 g/mol. The first-order valence-electron chi connectivity index (χ1n) is 25.0. The van der Waals surface area contributed by atoms with Crippen molar-refractivity contribution in [2.75, 3.05) is 41.4 Å². The minimum atomic E-state index is -1.81. The molecule has 3 saturated heterocycles. The molecule has 3 heterocycles. The molecular formula is C53H83N3O13. The number of nitrogens with zero attached hydrogens (tertiary/aromatic N) is 2. The van der Waals surface area contributed by atoms with Gasteiger partial charge in [-0.3, -0.25) is 4.79 Å². The molecule has 0 unspecified atom stereocenters. The van der Waals surface area contributed by atoms with Crippen molar-refractivity contribution in [3.05, 3.63) is 59.7 Å². The van der Waals surface area contributed by atoms with Gasteiger partial charge in [-0.15, -0.1) is 0 Å². The third-order valence-electron chi connectivity index (χ3n) is 15.9. The van der Waals surface area contributed by atoms with E-state index in [-0.39, 0.29) is 43.9 Å². The van der Waals surface area contributed by atoms with Crippen LogP contribution >= 0.6 is 0 Å². The second-order valence-electron chi connectivity index (χ2n) is 21.6. The number of nitrogens with two attached hydrogens (primary N) is 1. The van der Waals surface area contributed by atoms with Gasteiger partial charge in [0.15, 0.2) is 18.7 Å². The van der Waals surface area contributed by atoms with E-state index in [2.05, 4.69) is 24.3 Å². The van der Waals surface area contributed by atoms with Gasteiger partial charge in [0, 0.05) is 38.0 Å². The molecule has 388 valence electrons. The van der Waals surface area contributed by atoms with Crippen molar-refractivity contribution in [1.29, 1.82) is 0 Å².